The van der Waals surface area contributed by atoms with E-state index in [1.807, 2.05) is 0 Å². The van der Waals surface area contributed by atoms with Gasteiger partial charge in [0.25, 0.3) is 0 Å². The molecular formula is C13H9Cl2NO. The lowest BCUT2D eigenvalue weighted by atomic mass is 10.0. The summed E-state index contributed by atoms with van der Waals surface area (Å²) < 4.78 is 0. The maximum absolute atomic E-state index is 9.72. The van der Waals surface area contributed by atoms with Gasteiger partial charge >= 0.3 is 0 Å². The molecule has 0 aliphatic carbocycles. The second-order valence-corrected chi connectivity index (χ2v) is 4.36. The molecule has 0 aliphatic rings. The largest absolute Gasteiger partial charge is 0.507 e. The molecule has 0 amide bonds. The molecule has 0 unspecified atom stereocenters. The van der Waals surface area contributed by atoms with E-state index in [2.05, 4.69) is 0 Å². The van der Waals surface area contributed by atoms with Crippen LogP contribution in [0, 0.1) is 5.41 Å². The normalized spacial score (nSPS) is 10.2. The van der Waals surface area contributed by atoms with Crippen molar-refractivity contribution in [1.29, 1.82) is 5.41 Å². The quantitative estimate of drug-likeness (QED) is 0.789. The first kappa shape index (κ1) is 12.0. The molecule has 0 heterocycles. The number of nitrogens with one attached hydrogen (secondary N) is 1. The Morgan fingerprint density at radius 1 is 1.00 bits per heavy atom. The van der Waals surface area contributed by atoms with Gasteiger partial charge in [0, 0.05) is 21.2 Å². The smallest absolute Gasteiger partial charge is 0.125 e. The molecular weight excluding hydrogens is 257 g/mol. The van der Waals surface area contributed by atoms with Crippen molar-refractivity contribution in [3.8, 4) is 5.75 Å². The highest BCUT2D eigenvalue weighted by molar-refractivity contribution is 6.35. The van der Waals surface area contributed by atoms with Gasteiger partial charge in [0.2, 0.25) is 0 Å². The fraction of sp³-hybridized carbons (Fsp3) is 0. The van der Waals surface area contributed by atoms with Crippen LogP contribution >= 0.6 is 23.2 Å². The summed E-state index contributed by atoms with van der Waals surface area (Å²) in [6.45, 7) is 0. The fourth-order valence-corrected chi connectivity index (χ4v) is 1.92. The Labute approximate surface area is 109 Å². The third kappa shape index (κ3) is 2.43. The van der Waals surface area contributed by atoms with E-state index in [1.54, 1.807) is 36.4 Å². The topological polar surface area (TPSA) is 44.1 Å². The van der Waals surface area contributed by atoms with E-state index < -0.39 is 0 Å². The van der Waals surface area contributed by atoms with Crippen molar-refractivity contribution < 1.29 is 5.11 Å². The van der Waals surface area contributed by atoms with Gasteiger partial charge in [0.15, 0.2) is 0 Å². The molecule has 2 rings (SSSR count). The summed E-state index contributed by atoms with van der Waals surface area (Å²) >= 11 is 11.9. The Kier molecular flexibility index (Phi) is 3.36. The van der Waals surface area contributed by atoms with Crippen LogP contribution < -0.4 is 0 Å². The predicted molar refractivity (Wildman–Crippen MR) is 70.5 cm³/mol. The van der Waals surface area contributed by atoms with E-state index in [0.717, 1.165) is 0 Å². The van der Waals surface area contributed by atoms with E-state index in [4.69, 9.17) is 28.6 Å². The molecule has 0 aromatic heterocycles. The first-order chi connectivity index (χ1) is 8.09. The molecule has 4 heteroatoms. The zero-order valence-electron chi connectivity index (χ0n) is 8.74. The number of hydrogen-bond acceptors (Lipinski definition) is 2. The number of halogens is 2. The van der Waals surface area contributed by atoms with Crippen LogP contribution in [0.25, 0.3) is 0 Å². The van der Waals surface area contributed by atoms with E-state index >= 15 is 0 Å². The Hall–Kier alpha value is -1.51. The van der Waals surface area contributed by atoms with Crippen LogP contribution in [0.2, 0.25) is 10.0 Å². The minimum absolute atomic E-state index is 0.0133. The first-order valence-electron chi connectivity index (χ1n) is 4.92. The zero-order chi connectivity index (χ0) is 12.4. The van der Waals surface area contributed by atoms with Gasteiger partial charge in [-0.25, -0.2) is 0 Å². The Bertz CT molecular complexity index is 581. The van der Waals surface area contributed by atoms with Gasteiger partial charge in [-0.05, 0) is 24.3 Å². The van der Waals surface area contributed by atoms with E-state index in [0.29, 0.717) is 21.2 Å². The summed E-state index contributed by atoms with van der Waals surface area (Å²) in [5, 5.41) is 18.7. The van der Waals surface area contributed by atoms with Gasteiger partial charge in [-0.3, -0.25) is 5.41 Å². The van der Waals surface area contributed by atoms with Crippen molar-refractivity contribution in [3.05, 3.63) is 63.6 Å². The second kappa shape index (κ2) is 4.78. The third-order valence-electron chi connectivity index (χ3n) is 2.37. The van der Waals surface area contributed by atoms with Crippen LogP contribution in [0.5, 0.6) is 5.75 Å². The molecule has 0 bridgehead atoms. The minimum atomic E-state index is 0.0133. The van der Waals surface area contributed by atoms with Gasteiger partial charge in [0.05, 0.1) is 5.71 Å². The van der Waals surface area contributed by atoms with Crippen LogP contribution in [0.3, 0.4) is 0 Å². The molecule has 0 atom stereocenters. The average Bonchev–Trinajstić information content (AvgIpc) is 2.32. The van der Waals surface area contributed by atoms with Gasteiger partial charge in [-0.2, -0.15) is 0 Å². The van der Waals surface area contributed by atoms with Crippen LogP contribution in [0.15, 0.2) is 42.5 Å². The summed E-state index contributed by atoms with van der Waals surface area (Å²) in [6, 6.07) is 11.6. The molecule has 0 aliphatic heterocycles. The zero-order valence-corrected chi connectivity index (χ0v) is 10.3. The van der Waals surface area contributed by atoms with Crippen LogP contribution in [0.4, 0.5) is 0 Å². The van der Waals surface area contributed by atoms with Gasteiger partial charge in [-0.1, -0.05) is 41.4 Å². The monoisotopic (exact) mass is 265 g/mol. The summed E-state index contributed by atoms with van der Waals surface area (Å²) in [7, 11) is 0. The molecule has 2 aromatic carbocycles. The molecule has 2 aromatic rings. The highest BCUT2D eigenvalue weighted by Gasteiger charge is 2.12. The molecule has 0 fully saturated rings. The van der Waals surface area contributed by atoms with E-state index in [1.165, 1.54) is 6.07 Å². The van der Waals surface area contributed by atoms with Crippen molar-refractivity contribution in [1.82, 2.24) is 0 Å². The maximum Gasteiger partial charge on any atom is 0.125 e. The minimum Gasteiger partial charge on any atom is -0.507 e. The van der Waals surface area contributed by atoms with Crippen molar-refractivity contribution in [3.63, 3.8) is 0 Å². The molecule has 86 valence electrons. The predicted octanol–water partition coefficient (Wildman–Crippen LogP) is 4.12. The van der Waals surface area contributed by atoms with Gasteiger partial charge < -0.3 is 5.11 Å². The lowest BCUT2D eigenvalue weighted by Gasteiger charge is -2.08. The number of hydrogen-bond donors (Lipinski definition) is 2. The molecule has 2 nitrogen and oxygen atoms in total. The van der Waals surface area contributed by atoms with E-state index in [-0.39, 0.29) is 11.5 Å². The molecule has 0 radical (unpaired) electrons. The highest BCUT2D eigenvalue weighted by atomic mass is 35.5. The number of benzene rings is 2. The van der Waals surface area contributed by atoms with Crippen molar-refractivity contribution in [2.45, 2.75) is 0 Å². The molecule has 17 heavy (non-hydrogen) atoms. The summed E-state index contributed by atoms with van der Waals surface area (Å²) in [5.74, 6) is 0.0133. The Balaban J connectivity index is 2.51. The lowest BCUT2D eigenvalue weighted by molar-refractivity contribution is 0.474. The number of phenols is 1. The van der Waals surface area contributed by atoms with Crippen LogP contribution in [-0.2, 0) is 0 Å². The Morgan fingerprint density at radius 3 is 2.41 bits per heavy atom. The second-order valence-electron chi connectivity index (χ2n) is 3.52. The molecule has 0 saturated carbocycles. The Morgan fingerprint density at radius 2 is 1.71 bits per heavy atom. The molecule has 0 spiro atoms. The number of phenolic OH excluding ortho intramolecular Hbond substituents is 1. The SMILES string of the molecule is N=C(c1cc(Cl)ccc1O)c1ccccc1Cl. The summed E-state index contributed by atoms with van der Waals surface area (Å²) in [6.07, 6.45) is 0. The van der Waals surface area contributed by atoms with Crippen molar-refractivity contribution in [2.24, 2.45) is 0 Å². The lowest BCUT2D eigenvalue weighted by Crippen LogP contribution is -2.02. The summed E-state index contributed by atoms with van der Waals surface area (Å²) in [5.41, 5.74) is 1.08. The third-order valence-corrected chi connectivity index (χ3v) is 2.94. The molecule has 2 N–H and O–H groups in total. The van der Waals surface area contributed by atoms with E-state index in [9.17, 15) is 5.11 Å². The van der Waals surface area contributed by atoms with Crippen molar-refractivity contribution >= 4 is 28.9 Å². The van der Waals surface area contributed by atoms with Crippen molar-refractivity contribution in [2.75, 3.05) is 0 Å². The van der Waals surface area contributed by atoms with Gasteiger partial charge in [-0.15, -0.1) is 0 Å². The standard InChI is InChI=1S/C13H9Cl2NO/c14-8-5-6-12(17)10(7-8)13(16)9-3-1-2-4-11(9)15/h1-7,16-17H. The first-order valence-corrected chi connectivity index (χ1v) is 5.67. The van der Waals surface area contributed by atoms with Crippen LogP contribution in [-0.4, -0.2) is 10.8 Å². The average molecular weight is 266 g/mol. The fourth-order valence-electron chi connectivity index (χ4n) is 1.52. The highest BCUT2D eigenvalue weighted by Crippen LogP contribution is 2.26. The van der Waals surface area contributed by atoms with Gasteiger partial charge in [0.1, 0.15) is 5.75 Å². The maximum atomic E-state index is 9.72. The number of aromatic hydroxyl groups is 1. The summed E-state index contributed by atoms with van der Waals surface area (Å²) in [4.78, 5) is 0. The van der Waals surface area contributed by atoms with Crippen LogP contribution in [0.1, 0.15) is 11.1 Å². The molecule has 0 saturated heterocycles. The number of rotatable bonds is 2.